The van der Waals surface area contributed by atoms with Crippen LogP contribution in [0.15, 0.2) is 0 Å². The largest absolute Gasteiger partial charge is 0.353 e. The molecule has 19 heavy (non-hydrogen) atoms. The van der Waals surface area contributed by atoms with E-state index in [9.17, 15) is 0 Å². The molecule has 0 saturated carbocycles. The first-order chi connectivity index (χ1) is 9.24. The van der Waals surface area contributed by atoms with Crippen molar-refractivity contribution >= 4 is 0 Å². The lowest BCUT2D eigenvalue weighted by Crippen LogP contribution is -2.33. The predicted molar refractivity (Wildman–Crippen MR) is 83.5 cm³/mol. The molecule has 0 unspecified atom stereocenters. The molecule has 0 saturated heterocycles. The van der Waals surface area contributed by atoms with Crippen LogP contribution in [-0.4, -0.2) is 20.0 Å². The first kappa shape index (κ1) is 18.9. The van der Waals surface area contributed by atoms with Crippen molar-refractivity contribution < 1.29 is 9.47 Å². The molecule has 116 valence electrons. The molecule has 0 aromatic carbocycles. The van der Waals surface area contributed by atoms with Gasteiger partial charge in [-0.1, -0.05) is 65.2 Å². The molecule has 2 nitrogen and oxygen atoms in total. The fourth-order valence-electron chi connectivity index (χ4n) is 2.61. The molecule has 0 fully saturated rings. The van der Waals surface area contributed by atoms with E-state index in [1.54, 1.807) is 14.2 Å². The standard InChI is InChI=1S/C17H36O2/c1-5-7-9-11-13-15-17(18-3,19-4)16-14-12-10-8-6-2/h5-16H2,1-4H3. The van der Waals surface area contributed by atoms with Crippen LogP contribution in [0.25, 0.3) is 0 Å². The molecular formula is C17H36O2. The van der Waals surface area contributed by atoms with Crippen LogP contribution in [0.4, 0.5) is 0 Å². The van der Waals surface area contributed by atoms with Gasteiger partial charge in [0.1, 0.15) is 0 Å². The third-order valence-electron chi connectivity index (χ3n) is 4.07. The zero-order valence-electron chi connectivity index (χ0n) is 13.8. The van der Waals surface area contributed by atoms with Crippen molar-refractivity contribution in [2.24, 2.45) is 0 Å². The molecule has 2 heteroatoms. The smallest absolute Gasteiger partial charge is 0.167 e. The third-order valence-corrected chi connectivity index (χ3v) is 4.07. The Bertz CT molecular complexity index is 160. The number of methoxy groups -OCH3 is 2. The third kappa shape index (κ3) is 9.45. The van der Waals surface area contributed by atoms with Gasteiger partial charge in [-0.2, -0.15) is 0 Å². The summed E-state index contributed by atoms with van der Waals surface area (Å²) >= 11 is 0. The van der Waals surface area contributed by atoms with Crippen LogP contribution >= 0.6 is 0 Å². The quantitative estimate of drug-likeness (QED) is 0.298. The van der Waals surface area contributed by atoms with Crippen molar-refractivity contribution in [1.82, 2.24) is 0 Å². The second kappa shape index (κ2) is 12.9. The molecule has 0 aliphatic rings. The number of unbranched alkanes of at least 4 members (excludes halogenated alkanes) is 8. The van der Waals surface area contributed by atoms with Gasteiger partial charge in [-0.15, -0.1) is 0 Å². The second-order valence-corrected chi connectivity index (χ2v) is 5.65. The van der Waals surface area contributed by atoms with E-state index in [4.69, 9.17) is 9.47 Å². The van der Waals surface area contributed by atoms with Crippen LogP contribution in [-0.2, 0) is 9.47 Å². The van der Waals surface area contributed by atoms with Gasteiger partial charge in [0.15, 0.2) is 5.79 Å². The molecule has 0 aromatic heterocycles. The summed E-state index contributed by atoms with van der Waals surface area (Å²) in [6, 6.07) is 0. The number of hydrogen-bond donors (Lipinski definition) is 0. The highest BCUT2D eigenvalue weighted by Crippen LogP contribution is 2.27. The highest BCUT2D eigenvalue weighted by atomic mass is 16.7. The molecule has 0 atom stereocenters. The lowest BCUT2D eigenvalue weighted by Gasteiger charge is -2.31. The second-order valence-electron chi connectivity index (χ2n) is 5.65. The molecule has 0 N–H and O–H groups in total. The van der Waals surface area contributed by atoms with Crippen LogP contribution in [0.3, 0.4) is 0 Å². The maximum atomic E-state index is 5.68. The molecule has 0 amide bonds. The minimum atomic E-state index is -0.321. The average molecular weight is 272 g/mol. The van der Waals surface area contributed by atoms with Gasteiger partial charge in [-0.25, -0.2) is 0 Å². The van der Waals surface area contributed by atoms with Crippen molar-refractivity contribution in [2.75, 3.05) is 14.2 Å². The normalized spacial score (nSPS) is 12.0. The minimum Gasteiger partial charge on any atom is -0.353 e. The molecule has 0 aliphatic heterocycles. The van der Waals surface area contributed by atoms with Crippen molar-refractivity contribution in [2.45, 2.75) is 96.7 Å². The van der Waals surface area contributed by atoms with Gasteiger partial charge in [0.25, 0.3) is 0 Å². The summed E-state index contributed by atoms with van der Waals surface area (Å²) in [6.45, 7) is 4.51. The van der Waals surface area contributed by atoms with Crippen LogP contribution < -0.4 is 0 Å². The average Bonchev–Trinajstić information content (AvgIpc) is 2.45. The maximum Gasteiger partial charge on any atom is 0.167 e. The van der Waals surface area contributed by atoms with Crippen LogP contribution in [0.5, 0.6) is 0 Å². The fraction of sp³-hybridized carbons (Fsp3) is 1.00. The first-order valence-corrected chi connectivity index (χ1v) is 8.35. The Morgan fingerprint density at radius 2 is 0.947 bits per heavy atom. The Morgan fingerprint density at radius 1 is 0.579 bits per heavy atom. The zero-order chi connectivity index (χ0) is 14.4. The van der Waals surface area contributed by atoms with Gasteiger partial charge < -0.3 is 9.47 Å². The number of hydrogen-bond acceptors (Lipinski definition) is 2. The molecule has 0 radical (unpaired) electrons. The first-order valence-electron chi connectivity index (χ1n) is 8.35. The summed E-state index contributed by atoms with van der Waals surface area (Å²) in [5.41, 5.74) is 0. The Kier molecular flexibility index (Phi) is 12.9. The van der Waals surface area contributed by atoms with Gasteiger partial charge in [0.05, 0.1) is 0 Å². The Labute approximate surface area is 121 Å². The lowest BCUT2D eigenvalue weighted by atomic mass is 9.99. The summed E-state index contributed by atoms with van der Waals surface area (Å²) < 4.78 is 11.4. The predicted octanol–water partition coefficient (Wildman–Crippen LogP) is 5.70. The topological polar surface area (TPSA) is 18.5 Å². The van der Waals surface area contributed by atoms with Gasteiger partial charge in [-0.3, -0.25) is 0 Å². The van der Waals surface area contributed by atoms with Gasteiger partial charge in [0, 0.05) is 27.1 Å². The number of rotatable bonds is 14. The fourth-order valence-corrected chi connectivity index (χ4v) is 2.61. The van der Waals surface area contributed by atoms with Crippen LogP contribution in [0.1, 0.15) is 90.9 Å². The van der Waals surface area contributed by atoms with Gasteiger partial charge >= 0.3 is 0 Å². The van der Waals surface area contributed by atoms with E-state index < -0.39 is 0 Å². The van der Waals surface area contributed by atoms with Crippen molar-refractivity contribution in [3.8, 4) is 0 Å². The highest BCUT2D eigenvalue weighted by Gasteiger charge is 2.27. The Hall–Kier alpha value is -0.0800. The summed E-state index contributed by atoms with van der Waals surface area (Å²) in [5.74, 6) is -0.321. The molecule has 0 bridgehead atoms. The van der Waals surface area contributed by atoms with Gasteiger partial charge in [0.2, 0.25) is 0 Å². The van der Waals surface area contributed by atoms with E-state index in [2.05, 4.69) is 13.8 Å². The molecular weight excluding hydrogens is 236 g/mol. The summed E-state index contributed by atoms with van der Waals surface area (Å²) in [6.07, 6.45) is 15.1. The molecule has 0 heterocycles. The van der Waals surface area contributed by atoms with Gasteiger partial charge in [-0.05, 0) is 12.8 Å². The summed E-state index contributed by atoms with van der Waals surface area (Å²) in [5, 5.41) is 0. The van der Waals surface area contributed by atoms with Crippen molar-refractivity contribution in [3.63, 3.8) is 0 Å². The highest BCUT2D eigenvalue weighted by molar-refractivity contribution is 4.69. The molecule has 0 rings (SSSR count). The van der Waals surface area contributed by atoms with E-state index >= 15 is 0 Å². The van der Waals surface area contributed by atoms with E-state index in [1.165, 1.54) is 64.2 Å². The maximum absolute atomic E-state index is 5.68. The van der Waals surface area contributed by atoms with E-state index in [1.807, 2.05) is 0 Å². The number of ether oxygens (including phenoxy) is 2. The van der Waals surface area contributed by atoms with Crippen LogP contribution in [0, 0.1) is 0 Å². The zero-order valence-corrected chi connectivity index (χ0v) is 13.8. The van der Waals surface area contributed by atoms with Crippen molar-refractivity contribution in [3.05, 3.63) is 0 Å². The molecule has 0 spiro atoms. The lowest BCUT2D eigenvalue weighted by molar-refractivity contribution is -0.216. The summed E-state index contributed by atoms with van der Waals surface area (Å²) in [7, 11) is 3.59. The Morgan fingerprint density at radius 3 is 1.26 bits per heavy atom. The SMILES string of the molecule is CCCCCCCC(CCCCCCC)(OC)OC. The van der Waals surface area contributed by atoms with E-state index in [-0.39, 0.29) is 5.79 Å². The minimum absolute atomic E-state index is 0.321. The van der Waals surface area contributed by atoms with E-state index in [0.717, 1.165) is 12.8 Å². The molecule has 0 aliphatic carbocycles. The van der Waals surface area contributed by atoms with E-state index in [0.29, 0.717) is 0 Å². The van der Waals surface area contributed by atoms with Crippen molar-refractivity contribution in [1.29, 1.82) is 0 Å². The summed E-state index contributed by atoms with van der Waals surface area (Å²) in [4.78, 5) is 0. The van der Waals surface area contributed by atoms with Crippen LogP contribution in [0.2, 0.25) is 0 Å². The Balaban J connectivity index is 3.83. The molecule has 0 aromatic rings. The monoisotopic (exact) mass is 272 g/mol.